The number of rotatable bonds is 4. The van der Waals surface area contributed by atoms with E-state index in [1.807, 2.05) is 48.0 Å². The number of nitrogens with one attached hydrogen (secondary N) is 1. The van der Waals surface area contributed by atoms with Crippen LogP contribution in [0.4, 0.5) is 17.3 Å². The number of benzene rings is 1. The summed E-state index contributed by atoms with van der Waals surface area (Å²) in [6, 6.07) is 7.92. The van der Waals surface area contributed by atoms with E-state index in [4.69, 9.17) is 4.74 Å². The fraction of sp³-hybridized carbons (Fsp3) is 0.476. The van der Waals surface area contributed by atoms with Gasteiger partial charge >= 0.3 is 0 Å². The highest BCUT2D eigenvalue weighted by molar-refractivity contribution is 5.97. The Morgan fingerprint density at radius 1 is 1.14 bits per heavy atom. The van der Waals surface area contributed by atoms with E-state index in [2.05, 4.69) is 14.9 Å². The van der Waals surface area contributed by atoms with Crippen molar-refractivity contribution in [1.29, 1.82) is 0 Å². The number of aryl methyl sites for hydroxylation is 1. The van der Waals surface area contributed by atoms with Crippen molar-refractivity contribution >= 4 is 23.2 Å². The van der Waals surface area contributed by atoms with E-state index in [0.717, 1.165) is 17.9 Å². The van der Waals surface area contributed by atoms with E-state index < -0.39 is 0 Å². The van der Waals surface area contributed by atoms with Gasteiger partial charge in [0.25, 0.3) is 5.56 Å². The molecule has 8 nitrogen and oxygen atoms in total. The van der Waals surface area contributed by atoms with Crippen LogP contribution in [0.3, 0.4) is 0 Å². The molecule has 154 valence electrons. The van der Waals surface area contributed by atoms with Crippen molar-refractivity contribution in [3.05, 3.63) is 45.9 Å². The van der Waals surface area contributed by atoms with Crippen molar-refractivity contribution in [3.63, 3.8) is 0 Å². The van der Waals surface area contributed by atoms with Crippen LogP contribution in [0.1, 0.15) is 17.7 Å². The molecule has 4 rings (SSSR count). The topological polar surface area (TPSA) is 81.8 Å². The zero-order chi connectivity index (χ0) is 20.4. The lowest BCUT2D eigenvalue weighted by molar-refractivity contribution is -0.118. The van der Waals surface area contributed by atoms with Crippen LogP contribution < -0.4 is 20.3 Å². The zero-order valence-corrected chi connectivity index (χ0v) is 17.0. The molecule has 29 heavy (non-hydrogen) atoms. The van der Waals surface area contributed by atoms with Crippen LogP contribution >= 0.6 is 0 Å². The molecular weight excluding hydrogens is 370 g/mol. The Balaban J connectivity index is 1.47. The van der Waals surface area contributed by atoms with Crippen LogP contribution in [0.15, 0.2) is 29.1 Å². The second kappa shape index (κ2) is 8.24. The van der Waals surface area contributed by atoms with Gasteiger partial charge in [-0.05, 0) is 25.5 Å². The van der Waals surface area contributed by atoms with Gasteiger partial charge in [-0.1, -0.05) is 12.1 Å². The number of aromatic amines is 1. The van der Waals surface area contributed by atoms with Crippen LogP contribution in [0.25, 0.3) is 0 Å². The van der Waals surface area contributed by atoms with Gasteiger partial charge in [-0.25, -0.2) is 4.98 Å². The minimum absolute atomic E-state index is 0.0293. The van der Waals surface area contributed by atoms with Crippen LogP contribution in [0.5, 0.6) is 0 Å². The number of aromatic nitrogens is 2. The number of carbonyl (C=O) groups is 1. The molecule has 0 atom stereocenters. The number of carbonyl (C=O) groups excluding carboxylic acids is 1. The summed E-state index contributed by atoms with van der Waals surface area (Å²) in [5, 5.41) is 0. The number of hydrogen-bond donors (Lipinski definition) is 1. The minimum Gasteiger partial charge on any atom is -0.378 e. The number of amides is 1. The van der Waals surface area contributed by atoms with Crippen molar-refractivity contribution < 1.29 is 9.53 Å². The Labute approximate surface area is 170 Å². The third-order valence-corrected chi connectivity index (χ3v) is 5.65. The normalized spacial score (nSPS) is 16.7. The van der Waals surface area contributed by atoms with Crippen LogP contribution in [0, 0.1) is 6.92 Å². The molecule has 0 radical (unpaired) electrons. The summed E-state index contributed by atoms with van der Waals surface area (Å²) in [6.45, 7) is 5.96. The molecule has 0 spiro atoms. The van der Waals surface area contributed by atoms with Gasteiger partial charge in [-0.15, -0.1) is 0 Å². The first-order chi connectivity index (χ1) is 14.0. The van der Waals surface area contributed by atoms with Crippen LogP contribution in [-0.2, 0) is 16.0 Å². The van der Waals surface area contributed by atoms with Crippen LogP contribution in [0.2, 0.25) is 0 Å². The fourth-order valence-electron chi connectivity index (χ4n) is 3.95. The summed E-state index contributed by atoms with van der Waals surface area (Å²) in [5.74, 6) is 0.612. The maximum Gasteiger partial charge on any atom is 0.255 e. The number of fused-ring (bicyclic) bond motifs is 1. The molecule has 0 unspecified atom stereocenters. The molecule has 3 heterocycles. The summed E-state index contributed by atoms with van der Waals surface area (Å²) >= 11 is 0. The average molecular weight is 397 g/mol. The predicted octanol–water partition coefficient (Wildman–Crippen LogP) is 1.33. The quantitative estimate of drug-likeness (QED) is 0.838. The Morgan fingerprint density at radius 3 is 2.59 bits per heavy atom. The molecule has 1 saturated heterocycles. The Bertz CT molecular complexity index is 952. The molecule has 2 aliphatic rings. The summed E-state index contributed by atoms with van der Waals surface area (Å²) in [7, 11) is 2.03. The largest absolute Gasteiger partial charge is 0.378 e. The van der Waals surface area contributed by atoms with E-state index in [-0.39, 0.29) is 17.9 Å². The molecule has 0 saturated carbocycles. The molecule has 8 heteroatoms. The lowest BCUT2D eigenvalue weighted by Crippen LogP contribution is -2.43. The molecule has 1 N–H and O–H groups in total. The second-order valence-corrected chi connectivity index (χ2v) is 7.51. The molecular formula is C21H27N5O3. The maximum atomic E-state index is 12.9. The number of nitrogens with zero attached hydrogens (tertiary/aromatic N) is 4. The van der Waals surface area contributed by atoms with Gasteiger partial charge in [0.1, 0.15) is 0 Å². The second-order valence-electron chi connectivity index (χ2n) is 7.51. The highest BCUT2D eigenvalue weighted by atomic mass is 16.5. The summed E-state index contributed by atoms with van der Waals surface area (Å²) in [4.78, 5) is 39.0. The number of morpholine rings is 1. The van der Waals surface area contributed by atoms with E-state index in [0.29, 0.717) is 56.5 Å². The fourth-order valence-corrected chi connectivity index (χ4v) is 3.95. The third-order valence-electron chi connectivity index (χ3n) is 5.65. The standard InChI is InChI=1S/C21H27N5O3/c1-15-16(20(28)23-21(22-15)25-11-13-29-14-12-25)7-8-19(27)26-10-9-24(2)17-5-3-4-6-18(17)26/h3-6H,7-14H2,1-2H3,(H,22,23,28). The maximum absolute atomic E-state index is 12.9. The highest BCUT2D eigenvalue weighted by Gasteiger charge is 2.25. The number of likely N-dealkylation sites (N-methyl/N-ethyl adjacent to an activating group) is 1. The van der Waals surface area contributed by atoms with E-state index >= 15 is 0 Å². The Morgan fingerprint density at radius 2 is 1.86 bits per heavy atom. The van der Waals surface area contributed by atoms with Crippen LogP contribution in [-0.4, -0.2) is 62.3 Å². The van der Waals surface area contributed by atoms with E-state index in [1.165, 1.54) is 0 Å². The average Bonchev–Trinajstić information content (AvgIpc) is 2.74. The zero-order valence-electron chi connectivity index (χ0n) is 17.0. The smallest absolute Gasteiger partial charge is 0.255 e. The molecule has 0 aliphatic carbocycles. The monoisotopic (exact) mass is 397 g/mol. The number of para-hydroxylation sites is 2. The van der Waals surface area contributed by atoms with Gasteiger partial charge < -0.3 is 19.4 Å². The third kappa shape index (κ3) is 3.98. The first-order valence-electron chi connectivity index (χ1n) is 10.1. The number of anilines is 3. The summed E-state index contributed by atoms with van der Waals surface area (Å²) in [6.07, 6.45) is 0.658. The van der Waals surface area contributed by atoms with Gasteiger partial charge in [0.2, 0.25) is 11.9 Å². The molecule has 2 aliphatic heterocycles. The van der Waals surface area contributed by atoms with E-state index in [1.54, 1.807) is 0 Å². The molecule has 2 aromatic rings. The lowest BCUT2D eigenvalue weighted by Gasteiger charge is -2.35. The highest BCUT2D eigenvalue weighted by Crippen LogP contribution is 2.32. The first-order valence-corrected chi connectivity index (χ1v) is 10.1. The molecule has 1 amide bonds. The van der Waals surface area contributed by atoms with Gasteiger partial charge in [0, 0.05) is 50.9 Å². The predicted molar refractivity (Wildman–Crippen MR) is 113 cm³/mol. The Kier molecular flexibility index (Phi) is 5.53. The van der Waals surface area contributed by atoms with Crippen molar-refractivity contribution in [2.45, 2.75) is 19.8 Å². The van der Waals surface area contributed by atoms with Crippen molar-refractivity contribution in [1.82, 2.24) is 9.97 Å². The number of hydrogen-bond acceptors (Lipinski definition) is 6. The molecule has 0 bridgehead atoms. The molecule has 1 aromatic carbocycles. The van der Waals surface area contributed by atoms with E-state index in [9.17, 15) is 9.59 Å². The van der Waals surface area contributed by atoms with Crippen molar-refractivity contribution in [2.75, 3.05) is 61.1 Å². The lowest BCUT2D eigenvalue weighted by atomic mass is 10.1. The van der Waals surface area contributed by atoms with Gasteiger partial charge in [0.15, 0.2) is 0 Å². The van der Waals surface area contributed by atoms with Crippen molar-refractivity contribution in [3.8, 4) is 0 Å². The molecule has 1 aromatic heterocycles. The summed E-state index contributed by atoms with van der Waals surface area (Å²) in [5.41, 5.74) is 3.08. The first kappa shape index (κ1) is 19.4. The molecule has 1 fully saturated rings. The van der Waals surface area contributed by atoms with Gasteiger partial charge in [0.05, 0.1) is 24.6 Å². The number of H-pyrrole nitrogens is 1. The van der Waals surface area contributed by atoms with Gasteiger partial charge in [-0.3, -0.25) is 14.6 Å². The number of ether oxygens (including phenoxy) is 1. The van der Waals surface area contributed by atoms with Crippen molar-refractivity contribution in [2.24, 2.45) is 0 Å². The summed E-state index contributed by atoms with van der Waals surface area (Å²) < 4.78 is 5.35. The van der Waals surface area contributed by atoms with Gasteiger partial charge in [-0.2, -0.15) is 0 Å². The minimum atomic E-state index is -0.162. The SMILES string of the molecule is Cc1nc(N2CCOCC2)[nH]c(=O)c1CCC(=O)N1CCN(C)c2ccccc21. The Hall–Kier alpha value is -2.87.